The van der Waals surface area contributed by atoms with Crippen LogP contribution in [0.4, 0.5) is 0 Å². The van der Waals surface area contributed by atoms with Gasteiger partial charge in [0.05, 0.1) is 22.0 Å². The number of carboxylic acids is 1. The molecule has 0 unspecified atom stereocenters. The Balaban J connectivity index is 2.46. The molecule has 0 atom stereocenters. The molecule has 0 saturated heterocycles. The van der Waals surface area contributed by atoms with Crippen LogP contribution in [0.25, 0.3) is 0 Å². The van der Waals surface area contributed by atoms with Crippen molar-refractivity contribution in [2.24, 2.45) is 0 Å². The molecule has 0 bridgehead atoms. The molecule has 2 aromatic rings. The first-order valence-electron chi connectivity index (χ1n) is 7.25. The zero-order valence-electron chi connectivity index (χ0n) is 13.1. The van der Waals surface area contributed by atoms with Gasteiger partial charge in [-0.1, -0.05) is 34.8 Å². The molecule has 0 amide bonds. The lowest BCUT2D eigenvalue weighted by Crippen LogP contribution is -2.09. The Bertz CT molecular complexity index is 939. The zero-order valence-corrected chi connectivity index (χ0v) is 15.4. The normalized spacial score (nSPS) is 10.4. The lowest BCUT2D eigenvalue weighted by Gasteiger charge is -2.11. The Morgan fingerprint density at radius 3 is 2.42 bits per heavy atom. The second-order valence-corrected chi connectivity index (χ2v) is 6.48. The molecule has 1 aromatic carbocycles. The van der Waals surface area contributed by atoms with Crippen molar-refractivity contribution in [3.8, 4) is 11.8 Å². The molecular formula is C17H11Cl3N2O4. The van der Waals surface area contributed by atoms with Crippen molar-refractivity contribution in [3.05, 3.63) is 55.8 Å². The number of aromatic hydroxyl groups is 1. The third-order valence-corrected chi connectivity index (χ3v) is 4.69. The first-order valence-corrected chi connectivity index (χ1v) is 8.38. The number of hydrogen-bond acceptors (Lipinski definition) is 5. The number of carbonyl (C=O) groups excluding carboxylic acids is 1. The standard InChI is InChI=1S/C17H11Cl3N2O4/c18-11-1-2-12(19)15(20)10(11)6-9-5-8(7-21)17(26)16(22-9)13(23)3-4-14(24)25/h1-2,5,26H,3-4,6H2,(H,24,25). The largest absolute Gasteiger partial charge is 0.504 e. The minimum absolute atomic E-state index is 0.0619. The number of Topliss-reactive ketones (excluding diaryl/α,β-unsaturated/α-hetero) is 1. The molecule has 2 rings (SSSR count). The third-order valence-electron chi connectivity index (χ3n) is 3.49. The van der Waals surface area contributed by atoms with E-state index in [4.69, 9.17) is 39.9 Å². The minimum atomic E-state index is -1.16. The van der Waals surface area contributed by atoms with E-state index in [2.05, 4.69) is 4.98 Å². The van der Waals surface area contributed by atoms with Gasteiger partial charge in [-0.15, -0.1) is 0 Å². The Kier molecular flexibility index (Phi) is 6.43. The maximum Gasteiger partial charge on any atom is 0.303 e. The Hall–Kier alpha value is -2.33. The van der Waals surface area contributed by atoms with Gasteiger partial charge in [0, 0.05) is 23.6 Å². The van der Waals surface area contributed by atoms with Gasteiger partial charge in [0.1, 0.15) is 11.8 Å². The monoisotopic (exact) mass is 412 g/mol. The number of aromatic nitrogens is 1. The van der Waals surface area contributed by atoms with E-state index in [0.717, 1.165) is 0 Å². The predicted molar refractivity (Wildman–Crippen MR) is 96.1 cm³/mol. The van der Waals surface area contributed by atoms with Crippen LogP contribution in [0.2, 0.25) is 15.1 Å². The zero-order chi connectivity index (χ0) is 19.4. The van der Waals surface area contributed by atoms with E-state index in [9.17, 15) is 20.0 Å². The van der Waals surface area contributed by atoms with E-state index in [1.165, 1.54) is 12.1 Å². The highest BCUT2D eigenvalue weighted by atomic mass is 35.5. The van der Waals surface area contributed by atoms with Crippen molar-refractivity contribution in [2.45, 2.75) is 19.3 Å². The maximum atomic E-state index is 12.2. The van der Waals surface area contributed by atoms with Crippen LogP contribution in [0.15, 0.2) is 18.2 Å². The number of carbonyl (C=O) groups is 2. The molecule has 0 spiro atoms. The van der Waals surface area contributed by atoms with Crippen molar-refractivity contribution in [1.82, 2.24) is 4.98 Å². The summed E-state index contributed by atoms with van der Waals surface area (Å²) < 4.78 is 0. The fourth-order valence-electron chi connectivity index (χ4n) is 2.21. The smallest absolute Gasteiger partial charge is 0.303 e. The molecule has 6 nitrogen and oxygen atoms in total. The van der Waals surface area contributed by atoms with Crippen LogP contribution < -0.4 is 0 Å². The fraction of sp³-hybridized carbons (Fsp3) is 0.176. The molecule has 26 heavy (non-hydrogen) atoms. The number of carboxylic acid groups (broad SMARTS) is 1. The van der Waals surface area contributed by atoms with Crippen LogP contribution in [0, 0.1) is 11.3 Å². The highest BCUT2D eigenvalue weighted by molar-refractivity contribution is 6.44. The number of halogens is 3. The van der Waals surface area contributed by atoms with Crippen molar-refractivity contribution >= 4 is 46.6 Å². The van der Waals surface area contributed by atoms with E-state index in [-0.39, 0.29) is 39.8 Å². The molecular weight excluding hydrogens is 403 g/mol. The number of benzene rings is 1. The summed E-state index contributed by atoms with van der Waals surface area (Å²) in [5.74, 6) is -2.44. The second-order valence-electron chi connectivity index (χ2n) is 5.29. The molecule has 2 N–H and O–H groups in total. The first kappa shape index (κ1) is 20.0. The number of nitrogens with zero attached hydrogens (tertiary/aromatic N) is 2. The van der Waals surface area contributed by atoms with Gasteiger partial charge < -0.3 is 10.2 Å². The average molecular weight is 414 g/mol. The summed E-state index contributed by atoms with van der Waals surface area (Å²) in [5.41, 5.74) is 0.175. The number of aliphatic carboxylic acids is 1. The SMILES string of the molecule is N#Cc1cc(Cc2c(Cl)ccc(Cl)c2Cl)nc(C(=O)CCC(=O)O)c1O. The van der Waals surface area contributed by atoms with Gasteiger partial charge in [0.25, 0.3) is 0 Å². The molecule has 0 aliphatic heterocycles. The summed E-state index contributed by atoms with van der Waals surface area (Å²) in [7, 11) is 0. The lowest BCUT2D eigenvalue weighted by molar-refractivity contribution is -0.136. The van der Waals surface area contributed by atoms with Crippen molar-refractivity contribution in [3.63, 3.8) is 0 Å². The van der Waals surface area contributed by atoms with E-state index in [1.807, 2.05) is 0 Å². The van der Waals surface area contributed by atoms with Crippen LogP contribution in [0.3, 0.4) is 0 Å². The van der Waals surface area contributed by atoms with Crippen molar-refractivity contribution in [1.29, 1.82) is 5.26 Å². The predicted octanol–water partition coefficient (Wildman–Crippen LogP) is 4.26. The third kappa shape index (κ3) is 4.44. The lowest BCUT2D eigenvalue weighted by atomic mass is 10.0. The summed E-state index contributed by atoms with van der Waals surface area (Å²) >= 11 is 18.3. The van der Waals surface area contributed by atoms with E-state index >= 15 is 0 Å². The maximum absolute atomic E-state index is 12.2. The molecule has 134 valence electrons. The van der Waals surface area contributed by atoms with Crippen molar-refractivity contribution < 1.29 is 19.8 Å². The van der Waals surface area contributed by atoms with Crippen LogP contribution in [-0.2, 0) is 11.2 Å². The Labute approximate surface area is 163 Å². The first-order chi connectivity index (χ1) is 12.2. The summed E-state index contributed by atoms with van der Waals surface area (Å²) in [5, 5.41) is 28.7. The van der Waals surface area contributed by atoms with E-state index in [0.29, 0.717) is 10.6 Å². The van der Waals surface area contributed by atoms with Crippen molar-refractivity contribution in [2.75, 3.05) is 0 Å². The number of ketones is 1. The van der Waals surface area contributed by atoms with Gasteiger partial charge in [-0.05, 0) is 23.8 Å². The molecule has 0 aliphatic carbocycles. The van der Waals surface area contributed by atoms with Gasteiger partial charge in [0.2, 0.25) is 0 Å². The molecule has 0 aliphatic rings. The van der Waals surface area contributed by atoms with E-state index < -0.39 is 23.9 Å². The van der Waals surface area contributed by atoms with Crippen LogP contribution >= 0.6 is 34.8 Å². The highest BCUT2D eigenvalue weighted by Gasteiger charge is 2.20. The molecule has 9 heteroatoms. The molecule has 1 heterocycles. The van der Waals surface area contributed by atoms with E-state index in [1.54, 1.807) is 12.1 Å². The Morgan fingerprint density at radius 1 is 1.15 bits per heavy atom. The quantitative estimate of drug-likeness (QED) is 0.541. The summed E-state index contributed by atoms with van der Waals surface area (Å²) in [6.07, 6.45) is -0.715. The average Bonchev–Trinajstić information content (AvgIpc) is 2.60. The minimum Gasteiger partial charge on any atom is -0.504 e. The Morgan fingerprint density at radius 2 is 1.81 bits per heavy atom. The van der Waals surface area contributed by atoms with Gasteiger partial charge in [-0.2, -0.15) is 5.26 Å². The molecule has 0 saturated carbocycles. The van der Waals surface area contributed by atoms with Gasteiger partial charge in [0.15, 0.2) is 11.5 Å². The fourth-order valence-corrected chi connectivity index (χ4v) is 2.89. The number of nitriles is 1. The highest BCUT2D eigenvalue weighted by Crippen LogP contribution is 2.33. The van der Waals surface area contributed by atoms with Crippen LogP contribution in [0.1, 0.15) is 40.2 Å². The number of hydrogen-bond donors (Lipinski definition) is 2. The molecule has 0 radical (unpaired) electrons. The van der Waals surface area contributed by atoms with Gasteiger partial charge in [-0.3, -0.25) is 9.59 Å². The summed E-state index contributed by atoms with van der Waals surface area (Å²) in [6, 6.07) is 6.15. The topological polar surface area (TPSA) is 111 Å². The molecule has 0 fully saturated rings. The summed E-state index contributed by atoms with van der Waals surface area (Å²) in [4.78, 5) is 26.9. The van der Waals surface area contributed by atoms with Crippen LogP contribution in [-0.4, -0.2) is 26.9 Å². The van der Waals surface area contributed by atoms with Gasteiger partial charge >= 0.3 is 5.97 Å². The number of rotatable bonds is 6. The summed E-state index contributed by atoms with van der Waals surface area (Å²) in [6.45, 7) is 0. The van der Waals surface area contributed by atoms with Crippen LogP contribution in [0.5, 0.6) is 5.75 Å². The second kappa shape index (κ2) is 8.37. The molecule has 1 aromatic heterocycles. The van der Waals surface area contributed by atoms with Gasteiger partial charge in [-0.25, -0.2) is 4.98 Å². The number of pyridine rings is 1.